The van der Waals surface area contributed by atoms with E-state index in [4.69, 9.17) is 0 Å². The smallest absolute Gasteiger partial charge is 0.329 e. The molecule has 0 aliphatic carbocycles. The van der Waals surface area contributed by atoms with Crippen LogP contribution in [0.25, 0.3) is 0 Å². The van der Waals surface area contributed by atoms with Gasteiger partial charge in [-0.05, 0) is 47.9 Å². The minimum absolute atomic E-state index is 0.0773. The second kappa shape index (κ2) is 7.28. The number of hydrogen-bond donors (Lipinski definition) is 0. The van der Waals surface area contributed by atoms with Crippen LogP contribution >= 0.6 is 0 Å². The van der Waals surface area contributed by atoms with Crippen molar-refractivity contribution in [3.05, 3.63) is 89.5 Å². The highest BCUT2D eigenvalue weighted by Crippen LogP contribution is 2.39. The first kappa shape index (κ1) is 17.8. The van der Waals surface area contributed by atoms with Gasteiger partial charge in [0.1, 0.15) is 0 Å². The van der Waals surface area contributed by atoms with Gasteiger partial charge < -0.3 is 9.80 Å². The number of carbonyl (C=O) groups excluding carboxylic acids is 1. The van der Waals surface area contributed by atoms with Gasteiger partial charge in [-0.1, -0.05) is 48.5 Å². The van der Waals surface area contributed by atoms with Gasteiger partial charge in [-0.3, -0.25) is 4.90 Å². The predicted octanol–water partition coefficient (Wildman–Crippen LogP) is 4.98. The van der Waals surface area contributed by atoms with Crippen LogP contribution in [-0.4, -0.2) is 37.1 Å². The number of carbonyl (C=O) groups is 1. The third-order valence-electron chi connectivity index (χ3n) is 5.95. The molecule has 2 aliphatic rings. The van der Waals surface area contributed by atoms with Crippen LogP contribution in [0.15, 0.2) is 72.8 Å². The lowest BCUT2D eigenvalue weighted by Gasteiger charge is -2.40. The number of aryl methyl sites for hydroxylation is 1. The molecule has 5 rings (SSSR count). The summed E-state index contributed by atoms with van der Waals surface area (Å²) in [7, 11) is 0. The zero-order chi connectivity index (χ0) is 19.8. The van der Waals surface area contributed by atoms with Gasteiger partial charge in [-0.25, -0.2) is 4.79 Å². The van der Waals surface area contributed by atoms with Crippen LogP contribution in [0.1, 0.15) is 16.7 Å². The van der Waals surface area contributed by atoms with Crippen molar-refractivity contribution in [1.82, 2.24) is 4.90 Å². The molecule has 0 bridgehead atoms. The molecule has 1 saturated heterocycles. The second-order valence-corrected chi connectivity index (χ2v) is 7.87. The summed E-state index contributed by atoms with van der Waals surface area (Å²) in [6.45, 7) is 5.29. The molecule has 2 heterocycles. The molecule has 0 aromatic heterocycles. The molecule has 29 heavy (non-hydrogen) atoms. The van der Waals surface area contributed by atoms with Crippen molar-refractivity contribution < 1.29 is 4.79 Å². The summed E-state index contributed by atoms with van der Waals surface area (Å²) >= 11 is 0. The van der Waals surface area contributed by atoms with Gasteiger partial charge in [0.25, 0.3) is 0 Å². The Bertz CT molecular complexity index is 1010. The molecule has 4 nitrogen and oxygen atoms in total. The molecule has 1 fully saturated rings. The Hall–Kier alpha value is -3.27. The fourth-order valence-electron chi connectivity index (χ4n) is 4.42. The van der Waals surface area contributed by atoms with Crippen molar-refractivity contribution in [2.24, 2.45) is 0 Å². The fourth-order valence-corrected chi connectivity index (χ4v) is 4.42. The van der Waals surface area contributed by atoms with E-state index in [2.05, 4.69) is 72.5 Å². The first-order valence-corrected chi connectivity index (χ1v) is 10.3. The first-order valence-electron chi connectivity index (χ1n) is 10.3. The van der Waals surface area contributed by atoms with Crippen LogP contribution in [0.5, 0.6) is 0 Å². The third kappa shape index (κ3) is 3.25. The molecule has 3 aromatic carbocycles. The van der Waals surface area contributed by atoms with E-state index < -0.39 is 0 Å². The molecule has 0 N–H and O–H groups in total. The van der Waals surface area contributed by atoms with Crippen molar-refractivity contribution in [1.29, 1.82) is 0 Å². The molecule has 0 spiro atoms. The molecular formula is C25H25N3O. The van der Waals surface area contributed by atoms with Gasteiger partial charge in [-0.15, -0.1) is 0 Å². The van der Waals surface area contributed by atoms with Crippen molar-refractivity contribution in [3.63, 3.8) is 0 Å². The maximum absolute atomic E-state index is 13.6. The summed E-state index contributed by atoms with van der Waals surface area (Å²) < 4.78 is 0. The molecule has 146 valence electrons. The number of hydrogen-bond acceptors (Lipinski definition) is 2. The van der Waals surface area contributed by atoms with Gasteiger partial charge >= 0.3 is 6.03 Å². The Morgan fingerprint density at radius 2 is 1.38 bits per heavy atom. The van der Waals surface area contributed by atoms with E-state index in [1.54, 1.807) is 0 Å². The SMILES string of the molecule is Cc1cccc(N2CCN(C(=O)N3c4ccccc4Cc4ccccc43)CC2)c1. The number of fused-ring (bicyclic) bond motifs is 2. The van der Waals surface area contributed by atoms with E-state index in [1.807, 2.05) is 21.9 Å². The molecule has 4 heteroatoms. The van der Waals surface area contributed by atoms with Gasteiger partial charge in [0, 0.05) is 38.3 Å². The summed E-state index contributed by atoms with van der Waals surface area (Å²) in [6, 6.07) is 25.2. The van der Waals surface area contributed by atoms with E-state index in [1.165, 1.54) is 22.4 Å². The number of piperazine rings is 1. The van der Waals surface area contributed by atoms with Crippen LogP contribution in [0.2, 0.25) is 0 Å². The molecule has 0 atom stereocenters. The van der Waals surface area contributed by atoms with E-state index >= 15 is 0 Å². The summed E-state index contributed by atoms with van der Waals surface area (Å²) in [5.74, 6) is 0. The van der Waals surface area contributed by atoms with E-state index in [9.17, 15) is 4.79 Å². The highest BCUT2D eigenvalue weighted by Gasteiger charge is 2.32. The topological polar surface area (TPSA) is 26.8 Å². The standard InChI is InChI=1S/C25H25N3O/c1-19-7-6-10-22(17-19)26-13-15-27(16-14-26)25(29)28-23-11-4-2-8-20(23)18-21-9-3-5-12-24(21)28/h2-12,17H,13-16,18H2,1H3. The van der Waals surface area contributed by atoms with Crippen molar-refractivity contribution in [3.8, 4) is 0 Å². The largest absolute Gasteiger partial charge is 0.368 e. The summed E-state index contributed by atoms with van der Waals surface area (Å²) in [4.78, 5) is 19.9. The van der Waals surface area contributed by atoms with Gasteiger partial charge in [-0.2, -0.15) is 0 Å². The zero-order valence-electron chi connectivity index (χ0n) is 16.7. The van der Waals surface area contributed by atoms with Gasteiger partial charge in [0.2, 0.25) is 0 Å². The number of urea groups is 1. The number of anilines is 3. The fraction of sp³-hybridized carbons (Fsp3) is 0.240. The number of para-hydroxylation sites is 2. The lowest BCUT2D eigenvalue weighted by molar-refractivity contribution is 0.203. The molecular weight excluding hydrogens is 358 g/mol. The maximum Gasteiger partial charge on any atom is 0.329 e. The van der Waals surface area contributed by atoms with Crippen molar-refractivity contribution in [2.45, 2.75) is 13.3 Å². The summed E-state index contributed by atoms with van der Waals surface area (Å²) in [5, 5.41) is 0. The number of benzene rings is 3. The average Bonchev–Trinajstić information content (AvgIpc) is 2.77. The lowest BCUT2D eigenvalue weighted by Crippen LogP contribution is -2.52. The normalized spacial score (nSPS) is 15.7. The molecule has 2 amide bonds. The number of amides is 2. The highest BCUT2D eigenvalue weighted by molar-refractivity contribution is 6.02. The summed E-state index contributed by atoms with van der Waals surface area (Å²) in [6.07, 6.45) is 0.872. The first-order chi connectivity index (χ1) is 14.2. The summed E-state index contributed by atoms with van der Waals surface area (Å²) in [5.41, 5.74) is 6.94. The Labute approximate surface area is 172 Å². The van der Waals surface area contributed by atoms with Crippen LogP contribution < -0.4 is 9.80 Å². The third-order valence-corrected chi connectivity index (χ3v) is 5.95. The monoisotopic (exact) mass is 383 g/mol. The minimum atomic E-state index is 0.0773. The minimum Gasteiger partial charge on any atom is -0.368 e. The van der Waals surface area contributed by atoms with E-state index in [-0.39, 0.29) is 6.03 Å². The predicted molar refractivity (Wildman–Crippen MR) is 118 cm³/mol. The van der Waals surface area contributed by atoms with E-state index in [0.29, 0.717) is 0 Å². The quantitative estimate of drug-likeness (QED) is 0.593. The molecule has 0 saturated carbocycles. The second-order valence-electron chi connectivity index (χ2n) is 7.87. The molecule has 2 aliphatic heterocycles. The Morgan fingerprint density at radius 3 is 2.00 bits per heavy atom. The van der Waals surface area contributed by atoms with Crippen LogP contribution in [0.4, 0.5) is 21.9 Å². The zero-order valence-corrected chi connectivity index (χ0v) is 16.7. The average molecular weight is 383 g/mol. The number of nitrogens with zero attached hydrogens (tertiary/aromatic N) is 3. The molecule has 3 aromatic rings. The molecule has 0 unspecified atom stereocenters. The van der Waals surface area contributed by atoms with Crippen LogP contribution in [0.3, 0.4) is 0 Å². The Balaban J connectivity index is 1.39. The van der Waals surface area contributed by atoms with E-state index in [0.717, 1.165) is 44.0 Å². The van der Waals surface area contributed by atoms with Gasteiger partial charge in [0.15, 0.2) is 0 Å². The Morgan fingerprint density at radius 1 is 0.759 bits per heavy atom. The van der Waals surface area contributed by atoms with Crippen molar-refractivity contribution >= 4 is 23.1 Å². The molecule has 0 radical (unpaired) electrons. The number of rotatable bonds is 1. The maximum atomic E-state index is 13.6. The lowest BCUT2D eigenvalue weighted by atomic mass is 9.96. The van der Waals surface area contributed by atoms with Crippen molar-refractivity contribution in [2.75, 3.05) is 36.0 Å². The van der Waals surface area contributed by atoms with Crippen LogP contribution in [-0.2, 0) is 6.42 Å². The Kier molecular flexibility index (Phi) is 4.47. The highest BCUT2D eigenvalue weighted by atomic mass is 16.2. The van der Waals surface area contributed by atoms with Gasteiger partial charge in [0.05, 0.1) is 11.4 Å². The van der Waals surface area contributed by atoms with Crippen LogP contribution in [0, 0.1) is 6.92 Å².